The molecule has 0 aliphatic carbocycles. The van der Waals surface area contributed by atoms with Crippen LogP contribution >= 0.6 is 0 Å². The number of nitrogens with two attached hydrogens (primary N) is 1. The summed E-state index contributed by atoms with van der Waals surface area (Å²) in [5, 5.41) is 2.81. The number of amides is 2. The van der Waals surface area contributed by atoms with E-state index in [4.69, 9.17) is 5.73 Å². The minimum absolute atomic E-state index is 0.104. The number of primary amides is 1. The van der Waals surface area contributed by atoms with Crippen LogP contribution in [0.25, 0.3) is 6.08 Å². The molecular formula is C15H20N2O3. The second-order valence-corrected chi connectivity index (χ2v) is 4.25. The first kappa shape index (κ1) is 15.8. The van der Waals surface area contributed by atoms with Crippen molar-refractivity contribution in [3.05, 3.63) is 41.5 Å². The quantitative estimate of drug-likeness (QED) is 0.750. The van der Waals surface area contributed by atoms with Crippen LogP contribution in [0.4, 0.5) is 4.79 Å². The average molecular weight is 276 g/mol. The summed E-state index contributed by atoms with van der Waals surface area (Å²) >= 11 is 0. The van der Waals surface area contributed by atoms with Crippen LogP contribution in [0.5, 0.6) is 0 Å². The van der Waals surface area contributed by atoms with Crippen molar-refractivity contribution in [3.63, 3.8) is 0 Å². The number of unbranched alkanes of at least 4 members (excludes halogenated alkanes) is 1. The van der Waals surface area contributed by atoms with Crippen LogP contribution < -0.4 is 11.1 Å². The zero-order chi connectivity index (χ0) is 14.8. The monoisotopic (exact) mass is 276 g/mol. The second kappa shape index (κ2) is 8.74. The molecule has 0 saturated carbocycles. The Morgan fingerprint density at radius 3 is 2.55 bits per heavy atom. The molecule has 0 aromatic heterocycles. The van der Waals surface area contributed by atoms with Crippen LogP contribution in [0.3, 0.4) is 0 Å². The molecule has 1 aromatic rings. The molecule has 5 nitrogen and oxygen atoms in total. The summed E-state index contributed by atoms with van der Waals surface area (Å²) in [5.74, 6) is -0.104. The van der Waals surface area contributed by atoms with Gasteiger partial charge in [0.25, 0.3) is 5.91 Å². The lowest BCUT2D eigenvalue weighted by Crippen LogP contribution is -2.24. The third kappa shape index (κ3) is 6.04. The molecule has 0 unspecified atom stereocenters. The summed E-state index contributed by atoms with van der Waals surface area (Å²) in [6, 6.07) is 7.38. The van der Waals surface area contributed by atoms with Crippen LogP contribution in [0.2, 0.25) is 0 Å². The van der Waals surface area contributed by atoms with Crippen LogP contribution in [0.15, 0.2) is 30.3 Å². The van der Waals surface area contributed by atoms with Gasteiger partial charge in [-0.1, -0.05) is 24.3 Å². The fourth-order valence-corrected chi connectivity index (χ4v) is 1.64. The van der Waals surface area contributed by atoms with E-state index in [1.165, 1.54) is 0 Å². The lowest BCUT2D eigenvalue weighted by atomic mass is 10.1. The topological polar surface area (TPSA) is 81.4 Å². The van der Waals surface area contributed by atoms with Gasteiger partial charge in [0.2, 0.25) is 0 Å². The van der Waals surface area contributed by atoms with Crippen molar-refractivity contribution in [2.75, 3.05) is 13.2 Å². The number of carbonyl (C=O) groups excluding carboxylic acids is 2. The third-order valence-electron chi connectivity index (χ3n) is 2.63. The van der Waals surface area contributed by atoms with Crippen LogP contribution in [0, 0.1) is 0 Å². The molecule has 5 heteroatoms. The number of benzene rings is 1. The number of allylic oxidation sites excluding steroid dienone is 1. The predicted molar refractivity (Wildman–Crippen MR) is 78.3 cm³/mol. The highest BCUT2D eigenvalue weighted by Gasteiger charge is 2.03. The zero-order valence-corrected chi connectivity index (χ0v) is 11.6. The lowest BCUT2D eigenvalue weighted by molar-refractivity contribution is 0.0951. The Bertz CT molecular complexity index is 467. The van der Waals surface area contributed by atoms with E-state index in [1.54, 1.807) is 12.1 Å². The summed E-state index contributed by atoms with van der Waals surface area (Å²) in [6.45, 7) is 2.77. The van der Waals surface area contributed by atoms with E-state index in [-0.39, 0.29) is 12.5 Å². The normalized spacial score (nSPS) is 10.4. The number of rotatable bonds is 7. The first-order valence-electron chi connectivity index (χ1n) is 6.56. The summed E-state index contributed by atoms with van der Waals surface area (Å²) in [7, 11) is 0. The summed E-state index contributed by atoms with van der Waals surface area (Å²) in [4.78, 5) is 22.1. The molecular weight excluding hydrogens is 256 g/mol. The molecule has 0 saturated heterocycles. The van der Waals surface area contributed by atoms with Gasteiger partial charge in [-0.2, -0.15) is 0 Å². The Hall–Kier alpha value is -2.30. The van der Waals surface area contributed by atoms with Crippen LogP contribution in [-0.2, 0) is 4.74 Å². The second-order valence-electron chi connectivity index (χ2n) is 4.25. The summed E-state index contributed by atoms with van der Waals surface area (Å²) in [6.07, 6.45) is 4.55. The summed E-state index contributed by atoms with van der Waals surface area (Å²) < 4.78 is 4.59. The minimum Gasteiger partial charge on any atom is -0.450 e. The Kier molecular flexibility index (Phi) is 6.89. The van der Waals surface area contributed by atoms with Crippen LogP contribution in [0.1, 0.15) is 35.7 Å². The van der Waals surface area contributed by atoms with E-state index in [9.17, 15) is 9.59 Å². The predicted octanol–water partition coefficient (Wildman–Crippen LogP) is 2.33. The van der Waals surface area contributed by atoms with Crippen molar-refractivity contribution in [3.8, 4) is 0 Å². The molecule has 0 radical (unpaired) electrons. The van der Waals surface area contributed by atoms with Crippen molar-refractivity contribution in [2.24, 2.45) is 5.73 Å². The van der Waals surface area contributed by atoms with E-state index in [2.05, 4.69) is 10.1 Å². The maximum absolute atomic E-state index is 11.8. The number of hydrogen-bond donors (Lipinski definition) is 2. The number of nitrogens with one attached hydrogen (secondary N) is 1. The van der Waals surface area contributed by atoms with Gasteiger partial charge in [0.1, 0.15) is 0 Å². The molecule has 3 N–H and O–H groups in total. The first-order chi connectivity index (χ1) is 9.63. The van der Waals surface area contributed by atoms with Gasteiger partial charge in [0.15, 0.2) is 0 Å². The summed E-state index contributed by atoms with van der Waals surface area (Å²) in [5.41, 5.74) is 6.52. The third-order valence-corrected chi connectivity index (χ3v) is 2.63. The van der Waals surface area contributed by atoms with Gasteiger partial charge in [-0.05, 0) is 37.5 Å². The number of carbonyl (C=O) groups is 2. The molecule has 108 valence electrons. The van der Waals surface area contributed by atoms with Gasteiger partial charge >= 0.3 is 6.09 Å². The van der Waals surface area contributed by atoms with E-state index in [1.807, 2.05) is 31.2 Å². The fourth-order valence-electron chi connectivity index (χ4n) is 1.64. The molecule has 20 heavy (non-hydrogen) atoms. The van der Waals surface area contributed by atoms with Gasteiger partial charge in [0.05, 0.1) is 6.61 Å². The molecule has 0 bridgehead atoms. The van der Waals surface area contributed by atoms with E-state index in [0.717, 1.165) is 12.0 Å². The van der Waals surface area contributed by atoms with E-state index >= 15 is 0 Å². The SMILES string of the molecule is C/C=C/c1ccc(C(=O)NCCCCOC(N)=O)cc1. The Morgan fingerprint density at radius 2 is 1.95 bits per heavy atom. The van der Waals surface area contributed by atoms with Crippen molar-refractivity contribution in [1.29, 1.82) is 0 Å². The lowest BCUT2D eigenvalue weighted by Gasteiger charge is -2.05. The molecule has 2 amide bonds. The van der Waals surface area contributed by atoms with Crippen molar-refractivity contribution in [2.45, 2.75) is 19.8 Å². The molecule has 0 heterocycles. The molecule has 0 atom stereocenters. The molecule has 0 aliphatic rings. The van der Waals surface area contributed by atoms with Gasteiger partial charge in [-0.3, -0.25) is 4.79 Å². The van der Waals surface area contributed by atoms with Crippen molar-refractivity contribution < 1.29 is 14.3 Å². The smallest absolute Gasteiger partial charge is 0.404 e. The van der Waals surface area contributed by atoms with Gasteiger partial charge in [-0.15, -0.1) is 0 Å². The largest absolute Gasteiger partial charge is 0.450 e. The molecule has 0 fully saturated rings. The highest BCUT2D eigenvalue weighted by molar-refractivity contribution is 5.94. The highest BCUT2D eigenvalue weighted by Crippen LogP contribution is 2.06. The van der Waals surface area contributed by atoms with E-state index in [0.29, 0.717) is 18.5 Å². The molecule has 1 rings (SSSR count). The van der Waals surface area contributed by atoms with Crippen molar-refractivity contribution in [1.82, 2.24) is 5.32 Å². The van der Waals surface area contributed by atoms with Crippen LogP contribution in [-0.4, -0.2) is 25.2 Å². The minimum atomic E-state index is -0.768. The maximum Gasteiger partial charge on any atom is 0.404 e. The van der Waals surface area contributed by atoms with Crippen molar-refractivity contribution >= 4 is 18.1 Å². The number of ether oxygens (including phenoxy) is 1. The average Bonchev–Trinajstić information content (AvgIpc) is 2.43. The van der Waals surface area contributed by atoms with E-state index < -0.39 is 6.09 Å². The molecule has 0 aliphatic heterocycles. The Morgan fingerprint density at radius 1 is 1.25 bits per heavy atom. The Balaban J connectivity index is 2.27. The zero-order valence-electron chi connectivity index (χ0n) is 11.6. The first-order valence-corrected chi connectivity index (χ1v) is 6.56. The standard InChI is InChI=1S/C15H20N2O3/c1-2-5-12-6-8-13(9-7-12)14(18)17-10-3-4-11-20-15(16)19/h2,5-9H,3-4,10-11H2,1H3,(H2,16,19)(H,17,18)/b5-2+. The number of hydrogen-bond acceptors (Lipinski definition) is 3. The van der Waals surface area contributed by atoms with Gasteiger partial charge in [-0.25, -0.2) is 4.79 Å². The fraction of sp³-hybridized carbons (Fsp3) is 0.333. The molecule has 1 aromatic carbocycles. The molecule has 0 spiro atoms. The van der Waals surface area contributed by atoms with Gasteiger partial charge < -0.3 is 15.8 Å². The van der Waals surface area contributed by atoms with Gasteiger partial charge in [0, 0.05) is 12.1 Å². The Labute approximate surface area is 118 Å². The maximum atomic E-state index is 11.8. The highest BCUT2D eigenvalue weighted by atomic mass is 16.5.